The van der Waals surface area contributed by atoms with Crippen LogP contribution in [-0.2, 0) is 4.79 Å². The standard InChI is InChI=1S/C39H38Cl2N6O2/c1-4-47(26(3)28-12-14-29(40)15-13-28)37(25(2)27-9-6-5-7-10-27)35-32-17-16-30(41)23-34(32)44-36(35)39(49)45-33-11-8-20-42-38(33)46-21-18-31(19-22-46)43-24-48/h4-17,20,23-24,26,31,44H,1,18-19,21-22H2,2-3H3,(H,43,48)(H,45,49)/b37-25+. The van der Waals surface area contributed by atoms with Gasteiger partial charge in [-0.15, -0.1) is 0 Å². The van der Waals surface area contributed by atoms with Crippen molar-refractivity contribution in [3.05, 3.63) is 136 Å². The predicted octanol–water partition coefficient (Wildman–Crippen LogP) is 8.93. The Bertz CT molecular complexity index is 2000. The van der Waals surface area contributed by atoms with Gasteiger partial charge >= 0.3 is 0 Å². The lowest BCUT2D eigenvalue weighted by atomic mass is 9.95. The molecule has 1 unspecified atom stereocenters. The van der Waals surface area contributed by atoms with Crippen LogP contribution in [0.2, 0.25) is 10.0 Å². The molecule has 250 valence electrons. The van der Waals surface area contributed by atoms with Crippen LogP contribution in [0.5, 0.6) is 0 Å². The fourth-order valence-electron chi connectivity index (χ4n) is 6.55. The molecule has 2 aromatic heterocycles. The Morgan fingerprint density at radius 1 is 1.02 bits per heavy atom. The maximum Gasteiger partial charge on any atom is 0.272 e. The third kappa shape index (κ3) is 7.21. The molecule has 1 atom stereocenters. The quantitative estimate of drug-likeness (QED) is 0.120. The molecule has 0 bridgehead atoms. The minimum absolute atomic E-state index is 0.123. The van der Waals surface area contributed by atoms with Gasteiger partial charge in [-0.3, -0.25) is 9.59 Å². The highest BCUT2D eigenvalue weighted by Crippen LogP contribution is 2.41. The molecule has 8 nitrogen and oxygen atoms in total. The number of halogens is 2. The van der Waals surface area contributed by atoms with Gasteiger partial charge in [0.1, 0.15) is 5.69 Å². The molecule has 49 heavy (non-hydrogen) atoms. The highest BCUT2D eigenvalue weighted by molar-refractivity contribution is 6.31. The normalized spacial score (nSPS) is 14.6. The number of anilines is 2. The van der Waals surface area contributed by atoms with Crippen molar-refractivity contribution >= 4 is 69.2 Å². The molecule has 3 heterocycles. The van der Waals surface area contributed by atoms with Crippen LogP contribution in [0, 0.1) is 0 Å². The maximum absolute atomic E-state index is 14.6. The summed E-state index contributed by atoms with van der Waals surface area (Å²) < 4.78 is 0. The van der Waals surface area contributed by atoms with E-state index in [1.54, 1.807) is 12.4 Å². The van der Waals surface area contributed by atoms with Crippen LogP contribution < -0.4 is 15.5 Å². The van der Waals surface area contributed by atoms with Gasteiger partial charge in [0, 0.05) is 51.8 Å². The summed E-state index contributed by atoms with van der Waals surface area (Å²) in [6.45, 7) is 9.80. The third-order valence-electron chi connectivity index (χ3n) is 9.14. The van der Waals surface area contributed by atoms with E-state index in [9.17, 15) is 9.59 Å². The van der Waals surface area contributed by atoms with E-state index in [1.165, 1.54) is 0 Å². The van der Waals surface area contributed by atoms with Gasteiger partial charge < -0.3 is 25.4 Å². The van der Waals surface area contributed by atoms with Crippen molar-refractivity contribution in [3.8, 4) is 0 Å². The van der Waals surface area contributed by atoms with Crippen LogP contribution in [0.3, 0.4) is 0 Å². The molecule has 0 aliphatic carbocycles. The average Bonchev–Trinajstić information content (AvgIpc) is 3.49. The fraction of sp³-hybridized carbons (Fsp3) is 0.205. The zero-order valence-corrected chi connectivity index (χ0v) is 28.9. The number of piperidine rings is 1. The van der Waals surface area contributed by atoms with Crippen molar-refractivity contribution < 1.29 is 9.59 Å². The number of aromatic nitrogens is 2. The summed E-state index contributed by atoms with van der Waals surface area (Å²) in [5.74, 6) is 0.358. The molecular formula is C39H38Cl2N6O2. The summed E-state index contributed by atoms with van der Waals surface area (Å²) in [6.07, 6.45) is 5.85. The maximum atomic E-state index is 14.6. The second-order valence-corrected chi connectivity index (χ2v) is 13.0. The van der Waals surface area contributed by atoms with E-state index in [4.69, 9.17) is 23.2 Å². The molecule has 2 amide bonds. The number of allylic oxidation sites excluding steroid dienone is 1. The molecule has 1 fully saturated rings. The highest BCUT2D eigenvalue weighted by atomic mass is 35.5. The Kier molecular flexibility index (Phi) is 10.4. The van der Waals surface area contributed by atoms with Crippen molar-refractivity contribution in [1.29, 1.82) is 0 Å². The second kappa shape index (κ2) is 15.0. The van der Waals surface area contributed by atoms with Crippen molar-refractivity contribution in [3.63, 3.8) is 0 Å². The SMILES string of the molecule is C=CN(/C(=C(\C)c1ccccc1)c1c(C(=O)Nc2cccnc2N2CCC(NC=O)CC2)[nH]c2cc(Cl)ccc12)C(C)c1ccc(Cl)cc1. The summed E-state index contributed by atoms with van der Waals surface area (Å²) in [4.78, 5) is 37.9. The number of amides is 2. The monoisotopic (exact) mass is 692 g/mol. The zero-order chi connectivity index (χ0) is 34.5. The lowest BCUT2D eigenvalue weighted by Crippen LogP contribution is -2.42. The molecule has 0 saturated carbocycles. The topological polar surface area (TPSA) is 93.4 Å². The Morgan fingerprint density at radius 3 is 2.43 bits per heavy atom. The van der Waals surface area contributed by atoms with Gasteiger partial charge in [0.15, 0.2) is 5.82 Å². The van der Waals surface area contributed by atoms with Gasteiger partial charge in [0.2, 0.25) is 6.41 Å². The van der Waals surface area contributed by atoms with E-state index in [0.717, 1.165) is 58.1 Å². The Morgan fingerprint density at radius 2 is 1.73 bits per heavy atom. The van der Waals surface area contributed by atoms with Gasteiger partial charge in [-0.1, -0.05) is 78.3 Å². The first-order chi connectivity index (χ1) is 23.8. The average molecular weight is 694 g/mol. The summed E-state index contributed by atoms with van der Waals surface area (Å²) in [7, 11) is 0. The van der Waals surface area contributed by atoms with Crippen LogP contribution in [0.1, 0.15) is 59.9 Å². The van der Waals surface area contributed by atoms with E-state index < -0.39 is 0 Å². The first-order valence-electron chi connectivity index (χ1n) is 16.2. The van der Waals surface area contributed by atoms with Crippen molar-refractivity contribution in [2.24, 2.45) is 0 Å². The number of carbonyl (C=O) groups excluding carboxylic acids is 2. The molecule has 6 rings (SSSR count). The number of nitrogens with one attached hydrogen (secondary N) is 3. The van der Waals surface area contributed by atoms with E-state index in [-0.39, 0.29) is 18.0 Å². The van der Waals surface area contributed by atoms with Crippen molar-refractivity contribution in [1.82, 2.24) is 20.2 Å². The molecular weight excluding hydrogens is 655 g/mol. The number of pyridine rings is 1. The first-order valence-corrected chi connectivity index (χ1v) is 17.0. The minimum Gasteiger partial charge on any atom is -0.356 e. The van der Waals surface area contributed by atoms with Gasteiger partial charge in [-0.25, -0.2) is 4.98 Å². The third-order valence-corrected chi connectivity index (χ3v) is 9.63. The number of rotatable bonds is 11. The fourth-order valence-corrected chi connectivity index (χ4v) is 6.85. The van der Waals surface area contributed by atoms with E-state index in [2.05, 4.69) is 63.0 Å². The summed E-state index contributed by atoms with van der Waals surface area (Å²) in [6, 6.07) is 27.1. The smallest absolute Gasteiger partial charge is 0.272 e. The minimum atomic E-state index is -0.324. The molecule has 3 N–H and O–H groups in total. The summed E-state index contributed by atoms with van der Waals surface area (Å²) >= 11 is 12.7. The van der Waals surface area contributed by atoms with E-state index in [0.29, 0.717) is 40.3 Å². The number of hydrogen-bond donors (Lipinski definition) is 3. The number of H-pyrrole nitrogens is 1. The predicted molar refractivity (Wildman–Crippen MR) is 201 cm³/mol. The number of nitrogens with zero attached hydrogens (tertiary/aromatic N) is 3. The molecule has 1 aliphatic rings. The molecule has 3 aromatic carbocycles. The zero-order valence-electron chi connectivity index (χ0n) is 27.4. The summed E-state index contributed by atoms with van der Waals surface area (Å²) in [5, 5.41) is 8.10. The van der Waals surface area contributed by atoms with Crippen LogP contribution in [0.25, 0.3) is 22.2 Å². The van der Waals surface area contributed by atoms with Gasteiger partial charge in [0.05, 0.1) is 17.4 Å². The van der Waals surface area contributed by atoms with Crippen molar-refractivity contribution in [2.75, 3.05) is 23.3 Å². The Balaban J connectivity index is 1.48. The largest absolute Gasteiger partial charge is 0.356 e. The Hall–Kier alpha value is -5.05. The number of hydrogen-bond acceptors (Lipinski definition) is 5. The van der Waals surface area contributed by atoms with Crippen molar-refractivity contribution in [2.45, 2.75) is 38.8 Å². The first kappa shape index (κ1) is 33.8. The Labute approximate surface area is 296 Å². The van der Waals surface area contributed by atoms with Gasteiger partial charge in [-0.2, -0.15) is 0 Å². The van der Waals surface area contributed by atoms with Gasteiger partial charge in [-0.05, 0) is 86.0 Å². The highest BCUT2D eigenvalue weighted by Gasteiger charge is 2.29. The molecule has 0 radical (unpaired) electrons. The van der Waals surface area contributed by atoms with Gasteiger partial charge in [0.25, 0.3) is 5.91 Å². The lowest BCUT2D eigenvalue weighted by Gasteiger charge is -2.33. The molecule has 1 aliphatic heterocycles. The van der Waals surface area contributed by atoms with E-state index in [1.807, 2.05) is 72.8 Å². The van der Waals surface area contributed by atoms with Crippen LogP contribution in [0.4, 0.5) is 11.5 Å². The molecule has 1 saturated heterocycles. The number of aromatic amines is 1. The lowest BCUT2D eigenvalue weighted by molar-refractivity contribution is -0.110. The molecule has 0 spiro atoms. The number of benzene rings is 3. The molecule has 10 heteroatoms. The van der Waals surface area contributed by atoms with E-state index >= 15 is 0 Å². The van der Waals surface area contributed by atoms with Crippen LogP contribution in [0.15, 0.2) is 104 Å². The summed E-state index contributed by atoms with van der Waals surface area (Å²) in [5.41, 5.74) is 6.23. The number of fused-ring (bicyclic) bond motifs is 1. The molecule has 5 aromatic rings. The second-order valence-electron chi connectivity index (χ2n) is 12.1. The van der Waals surface area contributed by atoms with Crippen LogP contribution >= 0.6 is 23.2 Å². The van der Waals surface area contributed by atoms with Crippen LogP contribution in [-0.4, -0.2) is 46.3 Å². The number of carbonyl (C=O) groups is 2.